The van der Waals surface area contributed by atoms with Crippen molar-refractivity contribution in [2.45, 2.75) is 90.7 Å². The van der Waals surface area contributed by atoms with Crippen molar-refractivity contribution in [2.24, 2.45) is 11.8 Å². The SMILES string of the molecule is COC(C)(C)CCC1CCCCCC1CNC(C)(C)C. The second kappa shape index (κ2) is 7.79. The fourth-order valence-corrected chi connectivity index (χ4v) is 3.18. The van der Waals surface area contributed by atoms with E-state index in [1.54, 1.807) is 0 Å². The average Bonchev–Trinajstić information content (AvgIpc) is 2.58. The molecule has 20 heavy (non-hydrogen) atoms. The molecule has 1 N–H and O–H groups in total. The fraction of sp³-hybridized carbons (Fsp3) is 1.00. The molecule has 0 aromatic heterocycles. The largest absolute Gasteiger partial charge is 0.379 e. The third-order valence-corrected chi connectivity index (χ3v) is 4.88. The van der Waals surface area contributed by atoms with Crippen LogP contribution in [-0.4, -0.2) is 24.8 Å². The molecule has 0 amide bonds. The van der Waals surface area contributed by atoms with Gasteiger partial charge in [0.25, 0.3) is 0 Å². The van der Waals surface area contributed by atoms with Gasteiger partial charge in [0.2, 0.25) is 0 Å². The molecule has 2 atom stereocenters. The lowest BCUT2D eigenvalue weighted by molar-refractivity contribution is 0.00767. The standard InChI is InChI=1S/C18H37NO/c1-17(2,3)19-14-16-11-9-7-8-10-15(16)12-13-18(4,5)20-6/h15-16,19H,7-14H2,1-6H3. The van der Waals surface area contributed by atoms with Crippen molar-refractivity contribution in [3.8, 4) is 0 Å². The summed E-state index contributed by atoms with van der Waals surface area (Å²) in [6, 6.07) is 0. The Hall–Kier alpha value is -0.0800. The number of nitrogens with one attached hydrogen (secondary N) is 1. The summed E-state index contributed by atoms with van der Waals surface area (Å²) in [6.07, 6.45) is 9.58. The Morgan fingerprint density at radius 1 is 0.950 bits per heavy atom. The maximum absolute atomic E-state index is 5.59. The third-order valence-electron chi connectivity index (χ3n) is 4.88. The Kier molecular flexibility index (Phi) is 7.00. The number of hydrogen-bond acceptors (Lipinski definition) is 2. The van der Waals surface area contributed by atoms with Crippen molar-refractivity contribution in [3.05, 3.63) is 0 Å². The molecule has 0 heterocycles. The number of hydrogen-bond donors (Lipinski definition) is 1. The van der Waals surface area contributed by atoms with Crippen LogP contribution >= 0.6 is 0 Å². The van der Waals surface area contributed by atoms with Crippen LogP contribution in [0.4, 0.5) is 0 Å². The van der Waals surface area contributed by atoms with Crippen LogP contribution in [0, 0.1) is 11.8 Å². The highest BCUT2D eigenvalue weighted by Gasteiger charge is 2.27. The second-order valence-electron chi connectivity index (χ2n) is 8.29. The van der Waals surface area contributed by atoms with Crippen LogP contribution in [0.25, 0.3) is 0 Å². The molecule has 0 spiro atoms. The first-order chi connectivity index (χ1) is 9.23. The lowest BCUT2D eigenvalue weighted by atomic mass is 9.82. The molecule has 1 rings (SSSR count). The Morgan fingerprint density at radius 3 is 2.10 bits per heavy atom. The average molecular weight is 283 g/mol. The summed E-state index contributed by atoms with van der Waals surface area (Å²) in [6.45, 7) is 12.4. The van der Waals surface area contributed by atoms with E-state index in [0.717, 1.165) is 11.8 Å². The summed E-state index contributed by atoms with van der Waals surface area (Å²) in [5.41, 5.74) is 0.275. The molecule has 0 aromatic carbocycles. The monoisotopic (exact) mass is 283 g/mol. The Bertz CT molecular complexity index is 267. The van der Waals surface area contributed by atoms with Gasteiger partial charge in [-0.2, -0.15) is 0 Å². The van der Waals surface area contributed by atoms with Gasteiger partial charge in [-0.1, -0.05) is 25.7 Å². The van der Waals surface area contributed by atoms with Gasteiger partial charge in [0.1, 0.15) is 0 Å². The predicted octanol–water partition coefficient (Wildman–Crippen LogP) is 4.78. The molecule has 1 aliphatic rings. The smallest absolute Gasteiger partial charge is 0.0622 e. The van der Waals surface area contributed by atoms with Crippen molar-refractivity contribution < 1.29 is 4.74 Å². The van der Waals surface area contributed by atoms with Crippen LogP contribution in [0.15, 0.2) is 0 Å². The number of methoxy groups -OCH3 is 1. The van der Waals surface area contributed by atoms with E-state index in [4.69, 9.17) is 4.74 Å². The Morgan fingerprint density at radius 2 is 1.55 bits per heavy atom. The minimum atomic E-state index is 0.0360. The molecular weight excluding hydrogens is 246 g/mol. The molecule has 0 saturated heterocycles. The van der Waals surface area contributed by atoms with Crippen molar-refractivity contribution in [3.63, 3.8) is 0 Å². The molecule has 1 aliphatic carbocycles. The maximum atomic E-state index is 5.59. The van der Waals surface area contributed by atoms with E-state index >= 15 is 0 Å². The fourth-order valence-electron chi connectivity index (χ4n) is 3.18. The van der Waals surface area contributed by atoms with Crippen LogP contribution in [0.2, 0.25) is 0 Å². The van der Waals surface area contributed by atoms with Gasteiger partial charge in [-0.25, -0.2) is 0 Å². The molecule has 0 bridgehead atoms. The van der Waals surface area contributed by atoms with Crippen LogP contribution in [0.5, 0.6) is 0 Å². The number of rotatable bonds is 6. The molecule has 2 unspecified atom stereocenters. The van der Waals surface area contributed by atoms with Gasteiger partial charge < -0.3 is 10.1 Å². The van der Waals surface area contributed by atoms with Gasteiger partial charge in [0.15, 0.2) is 0 Å². The Labute approximate surface area is 127 Å². The van der Waals surface area contributed by atoms with Gasteiger partial charge in [-0.05, 0) is 72.3 Å². The zero-order valence-corrected chi connectivity index (χ0v) is 14.7. The second-order valence-corrected chi connectivity index (χ2v) is 8.29. The summed E-state index contributed by atoms with van der Waals surface area (Å²) in [7, 11) is 1.84. The zero-order chi connectivity index (χ0) is 15.2. The van der Waals surface area contributed by atoms with E-state index in [9.17, 15) is 0 Å². The van der Waals surface area contributed by atoms with Gasteiger partial charge >= 0.3 is 0 Å². The van der Waals surface area contributed by atoms with Gasteiger partial charge in [-0.15, -0.1) is 0 Å². The van der Waals surface area contributed by atoms with Crippen molar-refractivity contribution >= 4 is 0 Å². The van der Waals surface area contributed by atoms with E-state index in [2.05, 4.69) is 39.9 Å². The van der Waals surface area contributed by atoms with E-state index in [1.165, 1.54) is 51.5 Å². The third kappa shape index (κ3) is 7.08. The molecule has 2 heteroatoms. The van der Waals surface area contributed by atoms with Crippen LogP contribution < -0.4 is 5.32 Å². The van der Waals surface area contributed by atoms with E-state index in [0.29, 0.717) is 0 Å². The molecule has 1 fully saturated rings. The quantitative estimate of drug-likeness (QED) is 0.709. The van der Waals surface area contributed by atoms with Crippen molar-refractivity contribution in [1.82, 2.24) is 5.32 Å². The summed E-state index contributed by atoms with van der Waals surface area (Å²) in [5.74, 6) is 1.73. The normalized spacial score (nSPS) is 25.5. The summed E-state index contributed by atoms with van der Waals surface area (Å²) in [5, 5.41) is 3.73. The van der Waals surface area contributed by atoms with Crippen LogP contribution in [0.3, 0.4) is 0 Å². The molecular formula is C18H37NO. The van der Waals surface area contributed by atoms with E-state index in [-0.39, 0.29) is 11.1 Å². The predicted molar refractivity (Wildman–Crippen MR) is 88.1 cm³/mol. The van der Waals surface area contributed by atoms with Gasteiger partial charge in [-0.3, -0.25) is 0 Å². The summed E-state index contributed by atoms with van der Waals surface area (Å²) < 4.78 is 5.59. The van der Waals surface area contributed by atoms with E-state index < -0.39 is 0 Å². The van der Waals surface area contributed by atoms with Crippen LogP contribution in [-0.2, 0) is 4.74 Å². The molecule has 0 aliphatic heterocycles. The molecule has 120 valence electrons. The lowest BCUT2D eigenvalue weighted by Gasteiger charge is -2.32. The minimum absolute atomic E-state index is 0.0360. The minimum Gasteiger partial charge on any atom is -0.379 e. The molecule has 2 nitrogen and oxygen atoms in total. The van der Waals surface area contributed by atoms with Gasteiger partial charge in [0, 0.05) is 12.6 Å². The summed E-state index contributed by atoms with van der Waals surface area (Å²) >= 11 is 0. The zero-order valence-electron chi connectivity index (χ0n) is 14.7. The lowest BCUT2D eigenvalue weighted by Crippen LogP contribution is -2.40. The first kappa shape index (κ1) is 18.0. The van der Waals surface area contributed by atoms with E-state index in [1.807, 2.05) is 7.11 Å². The maximum Gasteiger partial charge on any atom is 0.0622 e. The Balaban J connectivity index is 2.53. The molecule has 0 aromatic rings. The highest BCUT2D eigenvalue weighted by Crippen LogP contribution is 2.34. The summed E-state index contributed by atoms with van der Waals surface area (Å²) in [4.78, 5) is 0. The van der Waals surface area contributed by atoms with Crippen molar-refractivity contribution in [1.29, 1.82) is 0 Å². The van der Waals surface area contributed by atoms with Crippen LogP contribution in [0.1, 0.15) is 79.6 Å². The number of ether oxygens (including phenoxy) is 1. The molecule has 0 radical (unpaired) electrons. The topological polar surface area (TPSA) is 21.3 Å². The van der Waals surface area contributed by atoms with Crippen molar-refractivity contribution in [2.75, 3.05) is 13.7 Å². The highest BCUT2D eigenvalue weighted by atomic mass is 16.5. The molecule has 1 saturated carbocycles. The van der Waals surface area contributed by atoms with Gasteiger partial charge in [0.05, 0.1) is 5.60 Å². The first-order valence-corrected chi connectivity index (χ1v) is 8.54. The first-order valence-electron chi connectivity index (χ1n) is 8.54. The highest BCUT2D eigenvalue weighted by molar-refractivity contribution is 4.81.